The van der Waals surface area contributed by atoms with E-state index in [0.717, 1.165) is 5.92 Å². The van der Waals surface area contributed by atoms with Crippen LogP contribution < -0.4 is 0 Å². The van der Waals surface area contributed by atoms with E-state index in [1.807, 2.05) is 0 Å². The first-order valence-electron chi connectivity index (χ1n) is 4.56. The van der Waals surface area contributed by atoms with Crippen molar-refractivity contribution in [2.24, 2.45) is 5.92 Å². The molecule has 0 heteroatoms. The minimum Gasteiger partial charge on any atom is -0.0958 e. The summed E-state index contributed by atoms with van der Waals surface area (Å²) < 4.78 is 0. The highest BCUT2D eigenvalue weighted by atomic mass is 14.2. The fourth-order valence-electron chi connectivity index (χ4n) is 1.80. The molecule has 1 aliphatic rings. The highest BCUT2D eigenvalue weighted by Gasteiger charge is 2.15. The lowest BCUT2D eigenvalue weighted by atomic mass is 9.82. The maximum atomic E-state index is 4.08. The van der Waals surface area contributed by atoms with Crippen molar-refractivity contribution in [2.45, 2.75) is 39.0 Å². The quantitative estimate of drug-likeness (QED) is 0.526. The third-order valence-corrected chi connectivity index (χ3v) is 2.65. The number of allylic oxidation sites excluding steroid dienone is 2. The van der Waals surface area contributed by atoms with Crippen LogP contribution in [0, 0.1) is 5.92 Å². The van der Waals surface area contributed by atoms with Gasteiger partial charge in [0.15, 0.2) is 0 Å². The Bertz CT molecular complexity index is 159. The number of rotatable bonds is 2. The maximum absolute atomic E-state index is 4.08. The van der Waals surface area contributed by atoms with Gasteiger partial charge in [0.1, 0.15) is 0 Å². The van der Waals surface area contributed by atoms with Crippen molar-refractivity contribution in [1.29, 1.82) is 0 Å². The Morgan fingerprint density at radius 1 is 1.09 bits per heavy atom. The first-order valence-corrected chi connectivity index (χ1v) is 4.56. The van der Waals surface area contributed by atoms with E-state index in [0.29, 0.717) is 0 Å². The third-order valence-electron chi connectivity index (χ3n) is 2.65. The monoisotopic (exact) mass is 150 g/mol. The van der Waals surface area contributed by atoms with Crippen molar-refractivity contribution < 1.29 is 0 Å². The summed E-state index contributed by atoms with van der Waals surface area (Å²) >= 11 is 0. The van der Waals surface area contributed by atoms with Gasteiger partial charge >= 0.3 is 0 Å². The van der Waals surface area contributed by atoms with Crippen molar-refractivity contribution in [3.05, 3.63) is 24.3 Å². The molecule has 0 aromatic heterocycles. The topological polar surface area (TPSA) is 0 Å². The molecule has 0 radical (unpaired) electrons. The molecule has 1 saturated carbocycles. The predicted octanol–water partition coefficient (Wildman–Crippen LogP) is 3.70. The van der Waals surface area contributed by atoms with Gasteiger partial charge in [-0.2, -0.15) is 0 Å². The van der Waals surface area contributed by atoms with E-state index in [2.05, 4.69) is 20.1 Å². The van der Waals surface area contributed by atoms with Gasteiger partial charge in [0.2, 0.25) is 0 Å². The highest BCUT2D eigenvalue weighted by molar-refractivity contribution is 5.25. The minimum absolute atomic E-state index is 0.751. The normalized spacial score (nSPS) is 19.7. The molecule has 1 fully saturated rings. The molecule has 0 unspecified atom stereocenters. The van der Waals surface area contributed by atoms with Gasteiger partial charge in [-0.05, 0) is 31.3 Å². The number of hydrogen-bond donors (Lipinski definition) is 0. The molecule has 0 amide bonds. The van der Waals surface area contributed by atoms with Crippen LogP contribution in [0.1, 0.15) is 39.0 Å². The Hall–Kier alpha value is -0.520. The minimum atomic E-state index is 0.751. The second-order valence-corrected chi connectivity index (χ2v) is 3.64. The largest absolute Gasteiger partial charge is 0.0958 e. The molecule has 11 heavy (non-hydrogen) atoms. The van der Waals surface area contributed by atoms with Crippen LogP contribution in [-0.2, 0) is 0 Å². The summed E-state index contributed by atoms with van der Waals surface area (Å²) in [5.74, 6) is 0.751. The SMILES string of the molecule is C=C(C)C(=C)C1CCCCC1. The van der Waals surface area contributed by atoms with Crippen LogP contribution in [-0.4, -0.2) is 0 Å². The van der Waals surface area contributed by atoms with Gasteiger partial charge in [0.25, 0.3) is 0 Å². The van der Waals surface area contributed by atoms with Crippen LogP contribution in [0.15, 0.2) is 24.3 Å². The van der Waals surface area contributed by atoms with Gasteiger partial charge in [-0.1, -0.05) is 38.0 Å². The zero-order chi connectivity index (χ0) is 8.27. The highest BCUT2D eigenvalue weighted by Crippen LogP contribution is 2.31. The lowest BCUT2D eigenvalue weighted by molar-refractivity contribution is 0.406. The third kappa shape index (κ3) is 2.21. The average Bonchev–Trinajstić information content (AvgIpc) is 2.05. The van der Waals surface area contributed by atoms with Gasteiger partial charge < -0.3 is 0 Å². The molecular weight excluding hydrogens is 132 g/mol. The zero-order valence-electron chi connectivity index (χ0n) is 7.53. The Labute approximate surface area is 70.0 Å². The molecule has 0 atom stereocenters. The molecule has 0 N–H and O–H groups in total. The zero-order valence-corrected chi connectivity index (χ0v) is 7.53. The summed E-state index contributed by atoms with van der Waals surface area (Å²) in [6, 6.07) is 0. The second-order valence-electron chi connectivity index (χ2n) is 3.64. The average molecular weight is 150 g/mol. The summed E-state index contributed by atoms with van der Waals surface area (Å²) in [6.07, 6.45) is 6.87. The van der Waals surface area contributed by atoms with Gasteiger partial charge in [0.05, 0.1) is 0 Å². The molecule has 0 heterocycles. The van der Waals surface area contributed by atoms with Crippen molar-refractivity contribution >= 4 is 0 Å². The van der Waals surface area contributed by atoms with E-state index in [9.17, 15) is 0 Å². The van der Waals surface area contributed by atoms with E-state index in [-0.39, 0.29) is 0 Å². The first-order chi connectivity index (χ1) is 5.22. The van der Waals surface area contributed by atoms with Crippen LogP contribution in [0.5, 0.6) is 0 Å². The van der Waals surface area contributed by atoms with Crippen LogP contribution in [0.3, 0.4) is 0 Å². The Morgan fingerprint density at radius 2 is 1.64 bits per heavy atom. The smallest absolute Gasteiger partial charge is 0.0165 e. The molecule has 1 aliphatic carbocycles. The van der Waals surface area contributed by atoms with Gasteiger partial charge in [-0.25, -0.2) is 0 Å². The predicted molar refractivity (Wildman–Crippen MR) is 50.5 cm³/mol. The Kier molecular flexibility index (Phi) is 2.92. The molecule has 1 rings (SSSR count). The van der Waals surface area contributed by atoms with Crippen LogP contribution in [0.25, 0.3) is 0 Å². The van der Waals surface area contributed by atoms with E-state index in [1.165, 1.54) is 43.3 Å². The Balaban J connectivity index is 2.45. The van der Waals surface area contributed by atoms with E-state index >= 15 is 0 Å². The molecule has 0 spiro atoms. The van der Waals surface area contributed by atoms with E-state index < -0.39 is 0 Å². The molecule has 0 nitrogen and oxygen atoms in total. The maximum Gasteiger partial charge on any atom is -0.0165 e. The summed E-state index contributed by atoms with van der Waals surface area (Å²) in [5.41, 5.74) is 2.47. The lowest BCUT2D eigenvalue weighted by Crippen LogP contribution is -2.08. The van der Waals surface area contributed by atoms with E-state index in [1.54, 1.807) is 0 Å². The molecule has 0 bridgehead atoms. The standard InChI is InChI=1S/C11H18/c1-9(2)10(3)11-7-5-4-6-8-11/h11H,1,3-8H2,2H3. The molecular formula is C11H18. The van der Waals surface area contributed by atoms with Gasteiger partial charge in [0, 0.05) is 0 Å². The van der Waals surface area contributed by atoms with Crippen molar-refractivity contribution in [3.8, 4) is 0 Å². The fourth-order valence-corrected chi connectivity index (χ4v) is 1.80. The van der Waals surface area contributed by atoms with Crippen molar-refractivity contribution in [1.82, 2.24) is 0 Å². The van der Waals surface area contributed by atoms with Crippen molar-refractivity contribution in [2.75, 3.05) is 0 Å². The number of hydrogen-bond acceptors (Lipinski definition) is 0. The summed E-state index contributed by atoms with van der Waals surface area (Å²) in [4.78, 5) is 0. The van der Waals surface area contributed by atoms with E-state index in [4.69, 9.17) is 0 Å². The van der Waals surface area contributed by atoms with Crippen LogP contribution in [0.4, 0.5) is 0 Å². The van der Waals surface area contributed by atoms with Crippen LogP contribution >= 0.6 is 0 Å². The van der Waals surface area contributed by atoms with Crippen molar-refractivity contribution in [3.63, 3.8) is 0 Å². The Morgan fingerprint density at radius 3 is 2.09 bits per heavy atom. The van der Waals surface area contributed by atoms with Gasteiger partial charge in [-0.3, -0.25) is 0 Å². The lowest BCUT2D eigenvalue weighted by Gasteiger charge is -2.23. The van der Waals surface area contributed by atoms with Gasteiger partial charge in [-0.15, -0.1) is 0 Å². The summed E-state index contributed by atoms with van der Waals surface area (Å²) in [5, 5.41) is 0. The summed E-state index contributed by atoms with van der Waals surface area (Å²) in [7, 11) is 0. The van der Waals surface area contributed by atoms with Crippen LogP contribution in [0.2, 0.25) is 0 Å². The first kappa shape index (κ1) is 8.58. The molecule has 0 aliphatic heterocycles. The molecule has 0 aromatic carbocycles. The second kappa shape index (κ2) is 3.75. The summed E-state index contributed by atoms with van der Waals surface area (Å²) in [6.45, 7) is 10.1. The molecule has 0 saturated heterocycles. The molecule has 0 aromatic rings. The fraction of sp³-hybridized carbons (Fsp3) is 0.636. The molecule has 62 valence electrons.